The molecular formula is C93H132N18O19S. The number of primary amides is 1. The number of nitrogens with zero attached hydrogens (tertiary/aromatic N) is 5. The molecule has 0 bridgehead atoms. The molecule has 131 heavy (non-hydrogen) atoms. The molecular weight excluding hydrogens is 1710 g/mol. The molecule has 1 aliphatic carbocycles. The monoisotopic (exact) mass is 1840 g/mol. The molecule has 38 heteroatoms. The molecule has 5 aromatic rings. The van der Waals surface area contributed by atoms with E-state index in [-0.39, 0.29) is 113 Å². The highest BCUT2D eigenvalue weighted by atomic mass is 32.2. The quantitative estimate of drug-likeness (QED) is 0.0446. The van der Waals surface area contributed by atoms with Crippen LogP contribution in [-0.4, -0.2) is 288 Å². The van der Waals surface area contributed by atoms with E-state index in [9.17, 15) is 58.2 Å². The Bertz CT molecular complexity index is 4900. The van der Waals surface area contributed by atoms with Crippen LogP contribution in [0.5, 0.6) is 5.75 Å². The van der Waals surface area contributed by atoms with Crippen molar-refractivity contribution in [1.29, 1.82) is 0 Å². The number of phenols is 1. The van der Waals surface area contributed by atoms with E-state index < -0.39 is 217 Å². The Hall–Kier alpha value is -12.0. The van der Waals surface area contributed by atoms with Gasteiger partial charge in [0.1, 0.15) is 72.2 Å². The number of aromatic amines is 2. The molecule has 3 aromatic carbocycles. The minimum absolute atomic E-state index is 0.00312. The van der Waals surface area contributed by atoms with Gasteiger partial charge >= 0.3 is 0 Å². The first-order valence-electron chi connectivity index (χ1n) is 45.7. The molecule has 3 saturated heterocycles. The highest BCUT2D eigenvalue weighted by Gasteiger charge is 2.46. The fraction of sp³-hybridized carbons (Fsp3) is 0.581. The largest absolute Gasteiger partial charge is 0.508 e. The first-order valence-corrected chi connectivity index (χ1v) is 46.8. The highest BCUT2D eigenvalue weighted by Crippen LogP contribution is 2.30. The molecule has 9 rings (SSSR count). The van der Waals surface area contributed by atoms with Crippen LogP contribution < -0.4 is 58.9 Å². The molecule has 714 valence electrons. The lowest BCUT2D eigenvalue weighted by Crippen LogP contribution is -2.60. The van der Waals surface area contributed by atoms with Crippen LogP contribution >= 0.6 is 11.8 Å². The Morgan fingerprint density at radius 3 is 1.73 bits per heavy atom. The van der Waals surface area contributed by atoms with E-state index in [1.165, 1.54) is 67.0 Å². The van der Waals surface area contributed by atoms with Gasteiger partial charge in [-0.15, -0.1) is 11.8 Å². The Labute approximate surface area is 767 Å². The summed E-state index contributed by atoms with van der Waals surface area (Å²) >= 11 is 0.851. The summed E-state index contributed by atoms with van der Waals surface area (Å²) in [5, 5.41) is 50.4. The molecule has 4 fully saturated rings. The van der Waals surface area contributed by atoms with E-state index >= 15 is 33.6 Å². The number of amides is 16. The third-order valence-electron chi connectivity index (χ3n) is 24.9. The van der Waals surface area contributed by atoms with Crippen LogP contribution in [0.25, 0.3) is 21.8 Å². The Morgan fingerprint density at radius 2 is 1.11 bits per heavy atom. The summed E-state index contributed by atoms with van der Waals surface area (Å²) in [6.07, 6.45) is 4.81. The molecule has 1 saturated carbocycles. The first-order chi connectivity index (χ1) is 62.4. The maximum absolute atomic E-state index is 15.6. The number of aliphatic hydroxyl groups excluding tert-OH is 1. The predicted octanol–water partition coefficient (Wildman–Crippen LogP) is 2.21. The summed E-state index contributed by atoms with van der Waals surface area (Å²) in [5.74, 6) is -16.3. The standard InChI is InChI=1S/C93H132N18O19S/c1-12-15-29-73-87(124)103-67(37-52(4)5)86(123)106-72(84(121)98-47-79(116)99-59-23-21-24-59)50-131-51-81(118)101-69(39-55-32-34-60(112)35-33-55)89(126)107(9)54(8)82(119)104-71(44-78(94)115)91(128)110-36-22-31-74(110)88(125)102-64(14-3)85(122)105-68(38-53(6)7)92(129)111-49-61(113)43-76(111)77(114)42-56(40-57-45-95-65-27-19-17-25-62(57)65)83(120)97-48-80(117)100-70(41-58-46-96-66-28-20-18-26-63(58)66)90(127)109(11)75(30-16-13-2)93(130)108(73)10/h17-20,25-28,32-35,45-46,52-54,56,59,61,64,67-76,95-96,112-113H,12-16,21-24,29-31,36-44,47-51H2,1-11H3,(H2,94,115)(H,97,120)(H,98,121)(H,99,116)(H,100,117)(H,101,118)(H,102,125)(H,103,124)(H,104,119)(H,105,122)(H,106,123)/t54-,56+,61+,64-,67-,68-,69-,70?,71-,72-,73-,74-,75-,76-/m0/s1. The van der Waals surface area contributed by atoms with E-state index in [2.05, 4.69) is 63.1 Å². The third kappa shape index (κ3) is 28.5. The molecule has 16 amide bonds. The summed E-state index contributed by atoms with van der Waals surface area (Å²) in [5.41, 5.74) is 8.80. The van der Waals surface area contributed by atoms with Crippen molar-refractivity contribution in [3.8, 4) is 5.75 Å². The smallest absolute Gasteiger partial charge is 0.246 e. The predicted molar refractivity (Wildman–Crippen MR) is 490 cm³/mol. The van der Waals surface area contributed by atoms with Crippen LogP contribution in [0, 0.1) is 17.8 Å². The molecule has 1 unspecified atom stereocenters. The summed E-state index contributed by atoms with van der Waals surface area (Å²) in [6, 6.07) is 3.32. The van der Waals surface area contributed by atoms with E-state index in [1.54, 1.807) is 59.1 Å². The number of hydrogen-bond acceptors (Lipinski definition) is 20. The topological polar surface area (TPSA) is 525 Å². The fourth-order valence-electron chi connectivity index (χ4n) is 17.1. The number of aliphatic hydroxyl groups is 1. The van der Waals surface area contributed by atoms with Gasteiger partial charge in [0.15, 0.2) is 5.78 Å². The van der Waals surface area contributed by atoms with Gasteiger partial charge < -0.3 is 104 Å². The summed E-state index contributed by atoms with van der Waals surface area (Å²) in [7, 11) is 4.10. The minimum Gasteiger partial charge on any atom is -0.508 e. The van der Waals surface area contributed by atoms with Gasteiger partial charge in [-0.2, -0.15) is 0 Å². The number of rotatable bonds is 23. The Balaban J connectivity index is 1.06. The second-order valence-corrected chi connectivity index (χ2v) is 36.9. The van der Waals surface area contributed by atoms with Crippen molar-refractivity contribution in [2.45, 2.75) is 268 Å². The number of likely N-dealkylation sites (N-methyl/N-ethyl adjacent to an activating group) is 3. The average molecular weight is 1840 g/mol. The summed E-state index contributed by atoms with van der Waals surface area (Å²) < 4.78 is 0. The van der Waals surface area contributed by atoms with Gasteiger partial charge in [0.05, 0.1) is 37.4 Å². The second-order valence-electron chi connectivity index (χ2n) is 35.8. The van der Waals surface area contributed by atoms with Crippen molar-refractivity contribution >= 4 is 134 Å². The van der Waals surface area contributed by atoms with Crippen LogP contribution in [0.4, 0.5) is 0 Å². The number of aromatic hydroxyl groups is 1. The number of ketones is 1. The van der Waals surface area contributed by atoms with E-state index in [1.807, 2.05) is 50.2 Å². The van der Waals surface area contributed by atoms with Crippen LogP contribution in [-0.2, 0) is 101 Å². The lowest BCUT2D eigenvalue weighted by Gasteiger charge is -2.36. The number of Topliss-reactive ketones (excluding diaryl/α,β-unsaturated/α-hetero) is 1. The number of H-pyrrole nitrogens is 2. The normalized spacial score (nSPS) is 25.4. The maximum Gasteiger partial charge on any atom is 0.246 e. The number of para-hydroxylation sites is 2. The van der Waals surface area contributed by atoms with Gasteiger partial charge in [-0.25, -0.2) is 0 Å². The molecule has 0 radical (unpaired) electrons. The van der Waals surface area contributed by atoms with E-state index in [0.29, 0.717) is 58.8 Å². The molecule has 2 aromatic heterocycles. The number of carbonyl (C=O) groups is 17. The van der Waals surface area contributed by atoms with Crippen molar-refractivity contribution < 1.29 is 91.7 Å². The molecule has 4 aliphatic rings. The average Bonchev–Trinajstić information content (AvgIpc) is 1.78. The molecule has 37 nitrogen and oxygen atoms in total. The number of hydrogen-bond donors (Lipinski definition) is 15. The van der Waals surface area contributed by atoms with Crippen molar-refractivity contribution in [3.63, 3.8) is 0 Å². The zero-order valence-corrected chi connectivity index (χ0v) is 77.7. The Kier molecular flexibility index (Phi) is 38.3. The zero-order valence-electron chi connectivity index (χ0n) is 76.8. The van der Waals surface area contributed by atoms with Crippen LogP contribution in [0.1, 0.15) is 181 Å². The SMILES string of the molecule is CCCC[C@H]1C(=O)N(C)[C@@H](CCCC)C(=O)N[C@@H](CC(C)C)C(=O)N[C@H](C(=O)NCC(=O)NC2CCC2)CSCC(=O)N[C@@H](Cc2ccc(O)cc2)C(=O)N(C)[C@@H](C)C(=O)N[C@@H](CC(N)=O)C(=O)N2CCC[C@H]2C(=O)N[C@@H](CC)C(=O)N[C@@H](CC(C)C)C(=O)N2C[C@H](O)C[C@H]2C(=O)C[C@@H](Cc2c[nH]c3ccccc23)C(=O)NCC(=O)NC(Cc2c[nH]c3ccccc23)C(=O)N1C. The van der Waals surface area contributed by atoms with Crippen LogP contribution in [0.2, 0.25) is 0 Å². The van der Waals surface area contributed by atoms with Gasteiger partial charge in [0.2, 0.25) is 94.5 Å². The third-order valence-corrected chi connectivity index (χ3v) is 25.9. The molecule has 16 N–H and O–H groups in total. The van der Waals surface area contributed by atoms with Crippen LogP contribution in [0.3, 0.4) is 0 Å². The number of unbranched alkanes of at least 4 members (excludes halogenated alkanes) is 2. The zero-order chi connectivity index (χ0) is 95.6. The van der Waals surface area contributed by atoms with Gasteiger partial charge in [-0.1, -0.05) is 123 Å². The van der Waals surface area contributed by atoms with Crippen molar-refractivity contribution in [3.05, 3.63) is 102 Å². The van der Waals surface area contributed by atoms with Crippen molar-refractivity contribution in [1.82, 2.24) is 87.6 Å². The van der Waals surface area contributed by atoms with Gasteiger partial charge in [-0.05, 0) is 130 Å². The summed E-state index contributed by atoms with van der Waals surface area (Å²) in [4.78, 5) is 262. The van der Waals surface area contributed by atoms with Crippen molar-refractivity contribution in [2.24, 2.45) is 23.5 Å². The van der Waals surface area contributed by atoms with E-state index in [4.69, 9.17) is 5.73 Å². The summed E-state index contributed by atoms with van der Waals surface area (Å²) in [6.45, 7) is 12.2. The fourth-order valence-corrected chi connectivity index (χ4v) is 18.0. The molecule has 5 heterocycles. The highest BCUT2D eigenvalue weighted by molar-refractivity contribution is 8.00. The first kappa shape index (κ1) is 103. The van der Waals surface area contributed by atoms with Gasteiger partial charge in [0, 0.05) is 112 Å². The van der Waals surface area contributed by atoms with Crippen molar-refractivity contribution in [2.75, 3.05) is 58.8 Å². The van der Waals surface area contributed by atoms with Gasteiger partial charge in [0.25, 0.3) is 0 Å². The maximum atomic E-state index is 15.6. The molecule has 3 aliphatic heterocycles. The molecule has 14 atom stereocenters. The number of fused-ring (bicyclic) bond motifs is 4. The number of aromatic nitrogens is 2. The van der Waals surface area contributed by atoms with E-state index in [0.717, 1.165) is 46.2 Å². The number of nitrogens with one attached hydrogen (secondary N) is 12. The lowest BCUT2D eigenvalue weighted by molar-refractivity contribution is -0.149. The lowest BCUT2D eigenvalue weighted by atomic mass is 9.90. The minimum atomic E-state index is -1.72. The number of thioether (sulfide) groups is 1. The van der Waals surface area contributed by atoms with Gasteiger partial charge in [-0.3, -0.25) is 81.5 Å². The number of benzene rings is 3. The number of phenolic OH excluding ortho intramolecular Hbond substituents is 1. The number of nitrogens with two attached hydrogens (primary N) is 1. The molecule has 0 spiro atoms. The Morgan fingerprint density at radius 1 is 0.557 bits per heavy atom. The second kappa shape index (κ2) is 48.8. The van der Waals surface area contributed by atoms with Crippen LogP contribution in [0.15, 0.2) is 85.2 Å². The number of carbonyl (C=O) groups excluding carboxylic acids is 17.